The van der Waals surface area contributed by atoms with E-state index in [1.54, 1.807) is 0 Å². The number of hydrogen-bond donors (Lipinski definition) is 13. The van der Waals surface area contributed by atoms with E-state index in [-0.39, 0.29) is 17.8 Å². The lowest BCUT2D eigenvalue weighted by molar-refractivity contribution is -0.375. The molecule has 13 N–H and O–H groups in total. The molecule has 7 aliphatic rings. The number of fused-ring (bicyclic) bond motifs is 5. The molecule has 0 aromatic carbocycles. The Kier molecular flexibility index (Phi) is 15.7. The van der Waals surface area contributed by atoms with Gasteiger partial charge in [0.15, 0.2) is 18.9 Å². The quantitative estimate of drug-likeness (QED) is 0.0957. The van der Waals surface area contributed by atoms with Crippen molar-refractivity contribution in [3.8, 4) is 0 Å². The van der Waals surface area contributed by atoms with Crippen LogP contribution in [0.15, 0.2) is 23.8 Å². The minimum absolute atomic E-state index is 0.215. The Morgan fingerprint density at radius 1 is 0.687 bits per heavy atom. The highest BCUT2D eigenvalue weighted by Gasteiger charge is 2.73. The number of aliphatic hydroxyl groups is 13. The molecule has 0 aromatic heterocycles. The van der Waals surface area contributed by atoms with Gasteiger partial charge in [-0.2, -0.15) is 0 Å². The molecule has 3 heterocycles. The molecule has 0 aromatic rings. The van der Waals surface area contributed by atoms with Gasteiger partial charge in [0.2, 0.25) is 0 Å². The molecule has 386 valence electrons. The predicted octanol–water partition coefficient (Wildman–Crippen LogP) is -1.28. The van der Waals surface area contributed by atoms with Crippen LogP contribution in [-0.4, -0.2) is 202 Å². The first-order chi connectivity index (χ1) is 31.3. The zero-order chi connectivity index (χ0) is 49.5. The molecule has 67 heavy (non-hydrogen) atoms. The van der Waals surface area contributed by atoms with Crippen LogP contribution in [0.25, 0.3) is 0 Å². The molecule has 3 saturated carbocycles. The maximum Gasteiger partial charge on any atom is 0.187 e. The van der Waals surface area contributed by atoms with Crippen molar-refractivity contribution in [2.45, 2.75) is 210 Å². The fourth-order valence-corrected chi connectivity index (χ4v) is 14.0. The smallest absolute Gasteiger partial charge is 0.187 e. The number of allylic oxidation sites excluding steroid dienone is 1. The summed E-state index contributed by atoms with van der Waals surface area (Å²) in [5, 5.41) is 141. The van der Waals surface area contributed by atoms with Gasteiger partial charge in [-0.3, -0.25) is 0 Å². The number of rotatable bonds is 13. The van der Waals surface area contributed by atoms with Crippen molar-refractivity contribution in [1.29, 1.82) is 0 Å². The molecular formula is C48H80O19. The van der Waals surface area contributed by atoms with E-state index in [0.717, 1.165) is 5.57 Å². The number of hydrogen-bond acceptors (Lipinski definition) is 19. The van der Waals surface area contributed by atoms with Gasteiger partial charge < -0.3 is 94.8 Å². The fourth-order valence-electron chi connectivity index (χ4n) is 14.0. The highest BCUT2D eigenvalue weighted by Crippen LogP contribution is 2.75. The topological polar surface area (TPSA) is 318 Å². The summed E-state index contributed by atoms with van der Waals surface area (Å²) in [5.74, 6) is -0.756. The van der Waals surface area contributed by atoms with Crippen LogP contribution in [0.5, 0.6) is 0 Å². The molecule has 0 bridgehead atoms. The Bertz CT molecular complexity index is 1760. The maximum atomic E-state index is 12.7. The Hall–Kier alpha value is -1.28. The second-order valence-electron chi connectivity index (χ2n) is 22.6. The van der Waals surface area contributed by atoms with E-state index in [1.807, 2.05) is 52.8 Å². The van der Waals surface area contributed by atoms with Crippen molar-refractivity contribution in [1.82, 2.24) is 0 Å². The highest BCUT2D eigenvalue weighted by atomic mass is 16.8. The van der Waals surface area contributed by atoms with Crippen LogP contribution < -0.4 is 0 Å². The Labute approximate surface area is 392 Å². The van der Waals surface area contributed by atoms with Crippen LogP contribution in [0.4, 0.5) is 0 Å². The van der Waals surface area contributed by atoms with Gasteiger partial charge in [0.1, 0.15) is 73.2 Å². The molecule has 4 aliphatic carbocycles. The minimum atomic E-state index is -1.83. The molecule has 0 radical (unpaired) electrons. The average Bonchev–Trinajstić information content (AvgIpc) is 3.66. The normalized spacial score (nSPS) is 52.0. The van der Waals surface area contributed by atoms with Crippen molar-refractivity contribution in [2.75, 3.05) is 19.8 Å². The monoisotopic (exact) mass is 961 g/mol. The molecule has 25 atom stereocenters. The van der Waals surface area contributed by atoms with Crippen LogP contribution in [0.1, 0.15) is 93.9 Å². The van der Waals surface area contributed by atoms with Crippen molar-refractivity contribution < 1.29 is 94.8 Å². The summed E-state index contributed by atoms with van der Waals surface area (Å²) in [6.45, 7) is 14.3. The summed E-state index contributed by atoms with van der Waals surface area (Å²) in [7, 11) is 0. The van der Waals surface area contributed by atoms with Crippen molar-refractivity contribution in [2.24, 2.45) is 45.3 Å². The molecule has 6 fully saturated rings. The molecule has 19 nitrogen and oxygen atoms in total. The molecule has 7 rings (SSSR count). The Morgan fingerprint density at radius 3 is 1.79 bits per heavy atom. The van der Waals surface area contributed by atoms with E-state index in [2.05, 4.69) is 20.8 Å². The first-order valence-corrected chi connectivity index (χ1v) is 24.2. The van der Waals surface area contributed by atoms with Crippen molar-refractivity contribution in [3.63, 3.8) is 0 Å². The molecule has 0 amide bonds. The summed E-state index contributed by atoms with van der Waals surface area (Å²) in [4.78, 5) is 0. The van der Waals surface area contributed by atoms with Gasteiger partial charge in [0.05, 0.1) is 43.7 Å². The number of ether oxygens (including phenoxy) is 6. The molecule has 0 spiro atoms. The lowest BCUT2D eigenvalue weighted by Crippen LogP contribution is -2.68. The summed E-state index contributed by atoms with van der Waals surface area (Å²) in [5.41, 5.74) is -3.06. The van der Waals surface area contributed by atoms with Crippen LogP contribution in [0, 0.1) is 45.3 Å². The second kappa shape index (κ2) is 19.6. The molecular weight excluding hydrogens is 881 g/mol. The van der Waals surface area contributed by atoms with Gasteiger partial charge in [-0.05, 0) is 80.0 Å². The van der Waals surface area contributed by atoms with Crippen molar-refractivity contribution >= 4 is 0 Å². The van der Waals surface area contributed by atoms with E-state index in [9.17, 15) is 66.4 Å². The lowest BCUT2D eigenvalue weighted by atomic mass is 9.37. The SMILES string of the molecule is CC(C)/C=C/C[C@](C)(O[C@@H]1O[C@H](CO)[C@@H](O)[C@H](O)[C@H]1O)[C@H]1CC[C@]2(C)[C@@H]1[C@H](O)C[C@H]1[C@@]2(C)[C@@H](O)C=C2C(C)(C)[C@@H](O[C@@H]3O[C@H](CO)[C@@H](O)[C@H](O)[C@H]3O[C@@H]3O[C@H](CO)[C@@H](O)[C@H](O)[C@H]3O)CC[C@@]21C. The third-order valence-corrected chi connectivity index (χ3v) is 18.1. The van der Waals surface area contributed by atoms with Gasteiger partial charge in [0.25, 0.3) is 0 Å². The zero-order valence-corrected chi connectivity index (χ0v) is 40.1. The second-order valence-corrected chi connectivity index (χ2v) is 22.6. The van der Waals surface area contributed by atoms with Crippen LogP contribution in [0.2, 0.25) is 0 Å². The van der Waals surface area contributed by atoms with Crippen LogP contribution in [-0.2, 0) is 28.4 Å². The number of aliphatic hydroxyl groups excluding tert-OH is 13. The summed E-state index contributed by atoms with van der Waals surface area (Å²) in [6, 6.07) is 0. The summed E-state index contributed by atoms with van der Waals surface area (Å²) >= 11 is 0. The Balaban J connectivity index is 1.18. The van der Waals surface area contributed by atoms with Crippen LogP contribution in [0.3, 0.4) is 0 Å². The average molecular weight is 961 g/mol. The predicted molar refractivity (Wildman–Crippen MR) is 235 cm³/mol. The fraction of sp³-hybridized carbons (Fsp3) is 0.917. The molecule has 19 heteroatoms. The first-order valence-electron chi connectivity index (χ1n) is 24.2. The van der Waals surface area contributed by atoms with Gasteiger partial charge in [0, 0.05) is 10.8 Å². The molecule has 3 aliphatic heterocycles. The molecule has 0 unspecified atom stereocenters. The summed E-state index contributed by atoms with van der Waals surface area (Å²) < 4.78 is 36.9. The largest absolute Gasteiger partial charge is 0.394 e. The van der Waals surface area contributed by atoms with Gasteiger partial charge >= 0.3 is 0 Å². The zero-order valence-electron chi connectivity index (χ0n) is 40.1. The van der Waals surface area contributed by atoms with E-state index in [0.29, 0.717) is 38.5 Å². The third-order valence-electron chi connectivity index (χ3n) is 18.1. The third kappa shape index (κ3) is 8.84. The maximum absolute atomic E-state index is 12.7. The minimum Gasteiger partial charge on any atom is -0.394 e. The standard InChI is InChI=1S/C48H80O19/c1-21(2)10-9-13-47(7,67-42-39(61)36(58)33(55)25(19-50)63-42)22-11-15-46(6)31(22)23(52)16-28-45(5)14-12-30(44(3,4)27(45)17-29(53)48(28,46)8)65-43-40(37(59)34(56)26(20-51)64-43)66-41-38(60)35(57)32(54)24(18-49)62-41/h9-10,17,21-26,28-43,49-61H,11-16,18-20H2,1-8H3/b10-9+/t22-,23+,24+,25+,26+,28+,29-,30-,31-,32+,33+,34+,35-,36-,37-,38+,39+,40+,41-,42-,43-,45-,46+,47-,48-/m0/s1. The van der Waals surface area contributed by atoms with Gasteiger partial charge in [-0.25, -0.2) is 0 Å². The highest BCUT2D eigenvalue weighted by molar-refractivity contribution is 5.36. The lowest BCUT2D eigenvalue weighted by Gasteiger charge is -2.69. The first kappa shape index (κ1) is 53.5. The van der Waals surface area contributed by atoms with E-state index in [4.69, 9.17) is 28.4 Å². The van der Waals surface area contributed by atoms with Gasteiger partial charge in [-0.15, -0.1) is 0 Å². The Morgan fingerprint density at radius 2 is 1.22 bits per heavy atom. The van der Waals surface area contributed by atoms with E-state index < -0.39 is 163 Å². The van der Waals surface area contributed by atoms with Crippen molar-refractivity contribution in [3.05, 3.63) is 23.8 Å². The van der Waals surface area contributed by atoms with E-state index >= 15 is 0 Å². The van der Waals surface area contributed by atoms with E-state index in [1.165, 1.54) is 0 Å². The molecule has 3 saturated heterocycles. The summed E-state index contributed by atoms with van der Waals surface area (Å²) in [6.07, 6.45) is -17.2. The van der Waals surface area contributed by atoms with Gasteiger partial charge in [-0.1, -0.05) is 72.3 Å². The van der Waals surface area contributed by atoms with Crippen LogP contribution >= 0.6 is 0 Å².